The van der Waals surface area contributed by atoms with Crippen molar-refractivity contribution in [3.8, 4) is 0 Å². The van der Waals surface area contributed by atoms with E-state index in [1.54, 1.807) is 0 Å². The van der Waals surface area contributed by atoms with Gasteiger partial charge in [0.2, 0.25) is 0 Å². The molecule has 0 rings (SSSR count). The van der Waals surface area contributed by atoms with E-state index in [2.05, 4.69) is 0 Å². The van der Waals surface area contributed by atoms with E-state index in [1.807, 2.05) is 20.8 Å². The maximum absolute atomic E-state index is 11.5. The molecule has 4 heteroatoms. The SMILES string of the molecule is CCCC(CC)(CC)OC(=O)CCC(=O)O. The molecule has 0 unspecified atom stereocenters. The highest BCUT2D eigenvalue weighted by Crippen LogP contribution is 2.27. The third kappa shape index (κ3) is 5.14. The minimum atomic E-state index is -0.967. The molecule has 94 valence electrons. The van der Waals surface area contributed by atoms with Gasteiger partial charge in [0, 0.05) is 0 Å². The zero-order chi connectivity index (χ0) is 12.6. The fourth-order valence-corrected chi connectivity index (χ4v) is 1.76. The number of carboxylic acids is 1. The van der Waals surface area contributed by atoms with Gasteiger partial charge in [0.1, 0.15) is 5.60 Å². The molecule has 0 aliphatic rings. The van der Waals surface area contributed by atoms with Gasteiger partial charge in [-0.25, -0.2) is 0 Å². The Balaban J connectivity index is 4.27. The predicted molar refractivity (Wildman–Crippen MR) is 61.2 cm³/mol. The lowest BCUT2D eigenvalue weighted by molar-refractivity contribution is -0.163. The second-order valence-corrected chi connectivity index (χ2v) is 4.01. The van der Waals surface area contributed by atoms with Crippen LogP contribution in [0.3, 0.4) is 0 Å². The molecule has 0 bridgehead atoms. The Labute approximate surface area is 97.0 Å². The van der Waals surface area contributed by atoms with Gasteiger partial charge in [-0.2, -0.15) is 0 Å². The number of carboxylic acid groups (broad SMARTS) is 1. The number of aliphatic carboxylic acids is 1. The zero-order valence-electron chi connectivity index (χ0n) is 10.4. The normalized spacial score (nSPS) is 11.2. The topological polar surface area (TPSA) is 63.6 Å². The molecule has 0 fully saturated rings. The van der Waals surface area contributed by atoms with Crippen molar-refractivity contribution in [1.82, 2.24) is 0 Å². The molecule has 0 aliphatic carbocycles. The fraction of sp³-hybridized carbons (Fsp3) is 0.833. The summed E-state index contributed by atoms with van der Waals surface area (Å²) >= 11 is 0. The lowest BCUT2D eigenvalue weighted by Crippen LogP contribution is -2.33. The number of esters is 1. The molecule has 0 saturated heterocycles. The number of carbonyl (C=O) groups is 2. The second kappa shape index (κ2) is 7.25. The molecule has 1 N–H and O–H groups in total. The summed E-state index contributed by atoms with van der Waals surface area (Å²) in [5, 5.41) is 8.47. The molecule has 0 amide bonds. The first-order valence-electron chi connectivity index (χ1n) is 5.93. The van der Waals surface area contributed by atoms with Gasteiger partial charge in [0.05, 0.1) is 12.8 Å². The number of carbonyl (C=O) groups excluding carboxylic acids is 1. The standard InChI is InChI=1S/C12H22O4/c1-4-9-12(5-2,6-3)16-11(15)8-7-10(13)14/h4-9H2,1-3H3,(H,13,14). The van der Waals surface area contributed by atoms with Crippen molar-refractivity contribution >= 4 is 11.9 Å². The zero-order valence-corrected chi connectivity index (χ0v) is 10.4. The lowest BCUT2D eigenvalue weighted by Gasteiger charge is -2.31. The van der Waals surface area contributed by atoms with Crippen molar-refractivity contribution in [2.75, 3.05) is 0 Å². The molecule has 16 heavy (non-hydrogen) atoms. The molecule has 0 aliphatic heterocycles. The van der Waals surface area contributed by atoms with Crippen LogP contribution in [0.4, 0.5) is 0 Å². The van der Waals surface area contributed by atoms with Gasteiger partial charge >= 0.3 is 11.9 Å². The highest BCUT2D eigenvalue weighted by molar-refractivity contribution is 5.76. The summed E-state index contributed by atoms with van der Waals surface area (Å²) < 4.78 is 5.42. The summed E-state index contributed by atoms with van der Waals surface area (Å²) in [6.07, 6.45) is 3.13. The maximum Gasteiger partial charge on any atom is 0.306 e. The summed E-state index contributed by atoms with van der Waals surface area (Å²) in [5.41, 5.74) is -0.398. The molecule has 0 spiro atoms. The monoisotopic (exact) mass is 230 g/mol. The van der Waals surface area contributed by atoms with Gasteiger partial charge in [-0.05, 0) is 19.3 Å². The summed E-state index contributed by atoms with van der Waals surface area (Å²) in [5.74, 6) is -1.37. The van der Waals surface area contributed by atoms with Crippen LogP contribution in [-0.2, 0) is 14.3 Å². The van der Waals surface area contributed by atoms with Crippen molar-refractivity contribution < 1.29 is 19.4 Å². The predicted octanol–water partition coefficient (Wildman–Crippen LogP) is 2.75. The first kappa shape index (κ1) is 14.9. The van der Waals surface area contributed by atoms with E-state index in [9.17, 15) is 9.59 Å². The van der Waals surface area contributed by atoms with Crippen molar-refractivity contribution in [3.05, 3.63) is 0 Å². The van der Waals surface area contributed by atoms with Crippen LogP contribution in [0.2, 0.25) is 0 Å². The largest absolute Gasteiger partial charge is 0.481 e. The third-order valence-corrected chi connectivity index (χ3v) is 2.87. The van der Waals surface area contributed by atoms with E-state index in [1.165, 1.54) is 0 Å². The Morgan fingerprint density at radius 3 is 2.06 bits per heavy atom. The van der Waals surface area contributed by atoms with E-state index in [0.717, 1.165) is 25.7 Å². The van der Waals surface area contributed by atoms with Gasteiger partial charge in [0.25, 0.3) is 0 Å². The maximum atomic E-state index is 11.5. The van der Waals surface area contributed by atoms with E-state index in [-0.39, 0.29) is 12.8 Å². The number of hydrogen-bond donors (Lipinski definition) is 1. The van der Waals surface area contributed by atoms with Gasteiger partial charge in [-0.15, -0.1) is 0 Å². The Hall–Kier alpha value is -1.06. The van der Waals surface area contributed by atoms with Crippen LogP contribution < -0.4 is 0 Å². The van der Waals surface area contributed by atoms with Crippen molar-refractivity contribution in [1.29, 1.82) is 0 Å². The summed E-state index contributed by atoms with van der Waals surface area (Å²) in [7, 11) is 0. The van der Waals surface area contributed by atoms with E-state index in [4.69, 9.17) is 9.84 Å². The summed E-state index contributed by atoms with van der Waals surface area (Å²) in [6.45, 7) is 6.03. The smallest absolute Gasteiger partial charge is 0.306 e. The van der Waals surface area contributed by atoms with Crippen molar-refractivity contribution in [2.45, 2.75) is 64.9 Å². The van der Waals surface area contributed by atoms with E-state index in [0.29, 0.717) is 0 Å². The van der Waals surface area contributed by atoms with Crippen molar-refractivity contribution in [2.24, 2.45) is 0 Å². The third-order valence-electron chi connectivity index (χ3n) is 2.87. The molecule has 0 heterocycles. The van der Waals surface area contributed by atoms with Gasteiger partial charge in [-0.3, -0.25) is 9.59 Å². The van der Waals surface area contributed by atoms with E-state index < -0.39 is 17.5 Å². The van der Waals surface area contributed by atoms with Crippen LogP contribution >= 0.6 is 0 Å². The first-order valence-corrected chi connectivity index (χ1v) is 5.93. The van der Waals surface area contributed by atoms with Gasteiger partial charge < -0.3 is 9.84 Å². The molecule has 0 aromatic heterocycles. The summed E-state index contributed by atoms with van der Waals surface area (Å²) in [6, 6.07) is 0. The van der Waals surface area contributed by atoms with Crippen LogP contribution in [0.1, 0.15) is 59.3 Å². The fourth-order valence-electron chi connectivity index (χ4n) is 1.76. The molecule has 0 radical (unpaired) electrons. The molecule has 0 saturated carbocycles. The molecule has 0 atom stereocenters. The van der Waals surface area contributed by atoms with Crippen LogP contribution in [0, 0.1) is 0 Å². The van der Waals surface area contributed by atoms with Crippen LogP contribution in [0.15, 0.2) is 0 Å². The minimum absolute atomic E-state index is 0.0409. The lowest BCUT2D eigenvalue weighted by atomic mass is 9.91. The van der Waals surface area contributed by atoms with Gasteiger partial charge in [0.15, 0.2) is 0 Å². The first-order chi connectivity index (χ1) is 7.49. The highest BCUT2D eigenvalue weighted by Gasteiger charge is 2.29. The molecular weight excluding hydrogens is 208 g/mol. The van der Waals surface area contributed by atoms with E-state index >= 15 is 0 Å². The quantitative estimate of drug-likeness (QED) is 0.651. The molecule has 4 nitrogen and oxygen atoms in total. The Morgan fingerprint density at radius 2 is 1.69 bits per heavy atom. The highest BCUT2D eigenvalue weighted by atomic mass is 16.6. The van der Waals surface area contributed by atoms with Crippen LogP contribution in [-0.4, -0.2) is 22.6 Å². The number of rotatable bonds is 8. The Bertz CT molecular complexity index is 231. The Morgan fingerprint density at radius 1 is 1.12 bits per heavy atom. The Kier molecular flexibility index (Phi) is 6.77. The van der Waals surface area contributed by atoms with Gasteiger partial charge in [-0.1, -0.05) is 27.2 Å². The van der Waals surface area contributed by atoms with Crippen molar-refractivity contribution in [3.63, 3.8) is 0 Å². The minimum Gasteiger partial charge on any atom is -0.481 e. The molecular formula is C12H22O4. The number of hydrogen-bond acceptors (Lipinski definition) is 3. The molecule has 0 aromatic carbocycles. The van der Waals surface area contributed by atoms with Crippen LogP contribution in [0.25, 0.3) is 0 Å². The average molecular weight is 230 g/mol. The summed E-state index contributed by atoms with van der Waals surface area (Å²) in [4.78, 5) is 21.8. The second-order valence-electron chi connectivity index (χ2n) is 4.01. The average Bonchev–Trinajstić information content (AvgIpc) is 2.25. The molecule has 0 aromatic rings. The number of ether oxygens (including phenoxy) is 1. The van der Waals surface area contributed by atoms with Crippen LogP contribution in [0.5, 0.6) is 0 Å².